The summed E-state index contributed by atoms with van der Waals surface area (Å²) >= 11 is 0. The zero-order valence-corrected chi connectivity index (χ0v) is 12.7. The van der Waals surface area contributed by atoms with E-state index in [1.807, 2.05) is 0 Å². The predicted molar refractivity (Wildman–Crippen MR) is 79.2 cm³/mol. The van der Waals surface area contributed by atoms with E-state index in [1.165, 1.54) is 44.9 Å². The van der Waals surface area contributed by atoms with Crippen molar-refractivity contribution >= 4 is 5.91 Å². The van der Waals surface area contributed by atoms with Crippen LogP contribution in [0.3, 0.4) is 0 Å². The highest BCUT2D eigenvalue weighted by Crippen LogP contribution is 2.53. The fourth-order valence-electron chi connectivity index (χ4n) is 5.72. The Hall–Kier alpha value is -0.570. The zero-order chi connectivity index (χ0) is 13.7. The van der Waals surface area contributed by atoms with Gasteiger partial charge in [-0.2, -0.15) is 0 Å². The topological polar surface area (TPSA) is 41.1 Å². The fraction of sp³-hybridized carbons (Fsp3) is 0.941. The molecule has 5 aliphatic rings. The molecule has 3 heteroatoms. The van der Waals surface area contributed by atoms with Crippen molar-refractivity contribution in [3.8, 4) is 0 Å². The summed E-state index contributed by atoms with van der Waals surface area (Å²) < 4.78 is 0. The average Bonchev–Trinajstić information content (AvgIpc) is 2.42. The van der Waals surface area contributed by atoms with Crippen molar-refractivity contribution in [2.45, 2.75) is 69.9 Å². The van der Waals surface area contributed by atoms with Crippen LogP contribution in [-0.4, -0.2) is 24.0 Å². The third kappa shape index (κ3) is 2.09. The molecule has 2 N–H and O–H groups in total. The number of amides is 1. The van der Waals surface area contributed by atoms with E-state index in [0.29, 0.717) is 6.04 Å². The first-order valence-corrected chi connectivity index (χ1v) is 8.70. The van der Waals surface area contributed by atoms with Crippen LogP contribution in [-0.2, 0) is 4.79 Å². The average molecular weight is 276 g/mol. The molecule has 1 amide bonds. The van der Waals surface area contributed by atoms with Crippen molar-refractivity contribution in [1.82, 2.24) is 10.6 Å². The minimum absolute atomic E-state index is 0.273. The lowest BCUT2D eigenvalue weighted by Gasteiger charge is -2.55. The molecule has 1 unspecified atom stereocenters. The van der Waals surface area contributed by atoms with E-state index in [9.17, 15) is 4.79 Å². The lowest BCUT2D eigenvalue weighted by molar-refractivity contribution is -0.132. The number of carbonyl (C=O) groups excluding carboxylic acids is 1. The minimum atomic E-state index is -0.313. The van der Waals surface area contributed by atoms with Gasteiger partial charge in [0.15, 0.2) is 0 Å². The summed E-state index contributed by atoms with van der Waals surface area (Å²) in [5.41, 5.74) is -0.313. The van der Waals surface area contributed by atoms with Crippen molar-refractivity contribution < 1.29 is 4.79 Å². The summed E-state index contributed by atoms with van der Waals surface area (Å²) in [5.74, 6) is 3.79. The zero-order valence-electron chi connectivity index (χ0n) is 12.7. The van der Waals surface area contributed by atoms with Gasteiger partial charge in [0, 0.05) is 6.04 Å². The van der Waals surface area contributed by atoms with E-state index in [-0.39, 0.29) is 11.4 Å². The summed E-state index contributed by atoms with van der Waals surface area (Å²) in [6.45, 7) is 3.09. The highest BCUT2D eigenvalue weighted by Gasteiger charge is 2.49. The molecule has 4 bridgehead atoms. The van der Waals surface area contributed by atoms with Crippen LogP contribution in [0.4, 0.5) is 0 Å². The Bertz CT molecular complexity index is 372. The van der Waals surface area contributed by atoms with E-state index >= 15 is 0 Å². The molecule has 4 aliphatic carbocycles. The van der Waals surface area contributed by atoms with Crippen molar-refractivity contribution in [3.63, 3.8) is 0 Å². The van der Waals surface area contributed by atoms with E-state index in [2.05, 4.69) is 17.6 Å². The Balaban J connectivity index is 1.45. The van der Waals surface area contributed by atoms with Crippen molar-refractivity contribution in [2.24, 2.45) is 23.7 Å². The molecule has 1 heterocycles. The second-order valence-corrected chi connectivity index (χ2v) is 8.15. The molecule has 112 valence electrons. The van der Waals surface area contributed by atoms with Gasteiger partial charge in [0.1, 0.15) is 0 Å². The lowest BCUT2D eigenvalue weighted by atomic mass is 9.54. The van der Waals surface area contributed by atoms with Gasteiger partial charge >= 0.3 is 0 Å². The molecule has 1 aliphatic heterocycles. The highest BCUT2D eigenvalue weighted by atomic mass is 16.2. The first-order chi connectivity index (χ1) is 9.64. The van der Waals surface area contributed by atoms with Crippen LogP contribution in [0, 0.1) is 23.7 Å². The molecule has 0 aromatic carbocycles. The number of nitrogens with one attached hydrogen (secondary N) is 2. The van der Waals surface area contributed by atoms with Crippen LogP contribution in [0.2, 0.25) is 0 Å². The standard InChI is InChI=1S/C17H28N2O/c1-17(4-2-3-5-18-17)16(20)19-15-13-7-11-6-12(9-13)10-14(15)8-11/h11-15,18H,2-10H2,1H3,(H,19,20). The molecule has 1 saturated heterocycles. The van der Waals surface area contributed by atoms with Gasteiger partial charge in [-0.1, -0.05) is 0 Å². The van der Waals surface area contributed by atoms with Crippen LogP contribution < -0.4 is 10.6 Å². The Morgan fingerprint density at radius 3 is 2.25 bits per heavy atom. The third-order valence-corrected chi connectivity index (χ3v) is 6.64. The quantitative estimate of drug-likeness (QED) is 0.813. The maximum Gasteiger partial charge on any atom is 0.240 e. The monoisotopic (exact) mass is 276 g/mol. The Labute approximate surface area is 122 Å². The molecule has 4 saturated carbocycles. The molecule has 5 rings (SSSR count). The number of rotatable bonds is 2. The van der Waals surface area contributed by atoms with Crippen molar-refractivity contribution in [2.75, 3.05) is 6.54 Å². The molecule has 5 fully saturated rings. The van der Waals surface area contributed by atoms with Crippen LogP contribution in [0.5, 0.6) is 0 Å². The van der Waals surface area contributed by atoms with Gasteiger partial charge in [-0.25, -0.2) is 0 Å². The van der Waals surface area contributed by atoms with Gasteiger partial charge in [0.05, 0.1) is 5.54 Å². The van der Waals surface area contributed by atoms with Crippen molar-refractivity contribution in [3.05, 3.63) is 0 Å². The molecule has 0 radical (unpaired) electrons. The van der Waals surface area contributed by atoms with Gasteiger partial charge in [-0.05, 0) is 88.5 Å². The SMILES string of the molecule is CC1(C(=O)NC2C3CC4CC(C3)CC2C4)CCCCN1. The van der Waals surface area contributed by atoms with Crippen LogP contribution in [0.15, 0.2) is 0 Å². The molecule has 1 atom stereocenters. The number of hydrogen-bond donors (Lipinski definition) is 2. The minimum Gasteiger partial charge on any atom is -0.351 e. The smallest absolute Gasteiger partial charge is 0.240 e. The summed E-state index contributed by atoms with van der Waals surface area (Å²) in [4.78, 5) is 12.7. The van der Waals surface area contributed by atoms with E-state index in [1.54, 1.807) is 0 Å². The third-order valence-electron chi connectivity index (χ3n) is 6.64. The molecular formula is C17H28N2O. The summed E-state index contributed by atoms with van der Waals surface area (Å²) in [6, 6.07) is 0.482. The first-order valence-electron chi connectivity index (χ1n) is 8.70. The van der Waals surface area contributed by atoms with Gasteiger partial charge in [0.2, 0.25) is 5.91 Å². The van der Waals surface area contributed by atoms with Gasteiger partial charge in [-0.3, -0.25) is 4.79 Å². The number of piperidine rings is 1. The second kappa shape index (κ2) is 4.72. The largest absolute Gasteiger partial charge is 0.351 e. The molecule has 0 aromatic heterocycles. The Morgan fingerprint density at radius 2 is 1.70 bits per heavy atom. The maximum absolute atomic E-state index is 12.7. The van der Waals surface area contributed by atoms with Crippen molar-refractivity contribution in [1.29, 1.82) is 0 Å². The summed E-state index contributed by atoms with van der Waals surface area (Å²) in [6.07, 6.45) is 10.4. The van der Waals surface area contributed by atoms with Crippen LogP contribution in [0.1, 0.15) is 58.3 Å². The van der Waals surface area contributed by atoms with Gasteiger partial charge in [-0.15, -0.1) is 0 Å². The number of carbonyl (C=O) groups is 1. The summed E-state index contributed by atoms with van der Waals surface area (Å²) in [7, 11) is 0. The van der Waals surface area contributed by atoms with E-state index < -0.39 is 0 Å². The Morgan fingerprint density at radius 1 is 1.05 bits per heavy atom. The van der Waals surface area contributed by atoms with Gasteiger partial charge in [0.25, 0.3) is 0 Å². The Kier molecular flexibility index (Phi) is 3.10. The summed E-state index contributed by atoms with van der Waals surface area (Å²) in [5, 5.41) is 6.93. The normalized spacial score (nSPS) is 50.1. The fourth-order valence-corrected chi connectivity index (χ4v) is 5.72. The van der Waals surface area contributed by atoms with Gasteiger partial charge < -0.3 is 10.6 Å². The predicted octanol–water partition coefficient (Wildman–Crippen LogP) is 2.46. The maximum atomic E-state index is 12.7. The molecule has 0 aromatic rings. The number of hydrogen-bond acceptors (Lipinski definition) is 2. The molecular weight excluding hydrogens is 248 g/mol. The van der Waals surface area contributed by atoms with E-state index in [0.717, 1.165) is 36.6 Å². The molecule has 3 nitrogen and oxygen atoms in total. The van der Waals surface area contributed by atoms with Crippen LogP contribution >= 0.6 is 0 Å². The highest BCUT2D eigenvalue weighted by molar-refractivity contribution is 5.86. The lowest BCUT2D eigenvalue weighted by Crippen LogP contribution is -2.63. The second-order valence-electron chi connectivity index (χ2n) is 8.15. The molecule has 20 heavy (non-hydrogen) atoms. The molecule has 0 spiro atoms. The first kappa shape index (κ1) is 13.1. The van der Waals surface area contributed by atoms with E-state index in [4.69, 9.17) is 0 Å². The van der Waals surface area contributed by atoms with Crippen LogP contribution in [0.25, 0.3) is 0 Å².